The molecule has 0 amide bonds. The van der Waals surface area contributed by atoms with Gasteiger partial charge in [0.2, 0.25) is 5.75 Å². The van der Waals surface area contributed by atoms with E-state index in [4.69, 9.17) is 14.2 Å². The Kier molecular flexibility index (Phi) is 9.87. The molecule has 0 heterocycles. The van der Waals surface area contributed by atoms with Crippen molar-refractivity contribution in [3.8, 4) is 17.2 Å². The summed E-state index contributed by atoms with van der Waals surface area (Å²) >= 11 is 0. The molecule has 0 aliphatic carbocycles. The molecule has 3 aromatic carbocycles. The molecule has 5 nitrogen and oxygen atoms in total. The van der Waals surface area contributed by atoms with Gasteiger partial charge in [0.1, 0.15) is 11.6 Å². The molecular formula is C28H34F2N2O3. The van der Waals surface area contributed by atoms with Crippen LogP contribution in [0.2, 0.25) is 0 Å². The average Bonchev–Trinajstić information content (AvgIpc) is 2.88. The van der Waals surface area contributed by atoms with Crippen LogP contribution >= 0.6 is 0 Å². The molecule has 0 radical (unpaired) electrons. The number of rotatable bonds is 13. The number of hydrogen-bond acceptors (Lipinski definition) is 5. The van der Waals surface area contributed by atoms with E-state index in [1.807, 2.05) is 36.4 Å². The number of nitrogens with zero attached hydrogens (tertiary/aromatic N) is 1. The Bertz CT molecular complexity index is 988. The van der Waals surface area contributed by atoms with Crippen molar-refractivity contribution < 1.29 is 23.0 Å². The first-order chi connectivity index (χ1) is 16.9. The van der Waals surface area contributed by atoms with E-state index in [1.54, 1.807) is 21.3 Å². The molecule has 0 spiro atoms. The van der Waals surface area contributed by atoms with Gasteiger partial charge >= 0.3 is 0 Å². The van der Waals surface area contributed by atoms with Crippen molar-refractivity contribution in [3.63, 3.8) is 0 Å². The van der Waals surface area contributed by atoms with Crippen molar-refractivity contribution in [1.29, 1.82) is 0 Å². The minimum atomic E-state index is -0.262. The zero-order chi connectivity index (χ0) is 25.2. The molecule has 0 aromatic heterocycles. The zero-order valence-electron chi connectivity index (χ0n) is 20.8. The van der Waals surface area contributed by atoms with Crippen molar-refractivity contribution in [2.45, 2.75) is 18.9 Å². The van der Waals surface area contributed by atoms with E-state index in [1.165, 1.54) is 24.3 Å². The van der Waals surface area contributed by atoms with Gasteiger partial charge in [-0.25, -0.2) is 8.78 Å². The average molecular weight is 485 g/mol. The van der Waals surface area contributed by atoms with Gasteiger partial charge in [-0.1, -0.05) is 24.3 Å². The lowest BCUT2D eigenvalue weighted by molar-refractivity contribution is 0.319. The van der Waals surface area contributed by atoms with Crippen LogP contribution in [0.3, 0.4) is 0 Å². The highest BCUT2D eigenvalue weighted by atomic mass is 19.1. The van der Waals surface area contributed by atoms with Gasteiger partial charge in [0.15, 0.2) is 11.5 Å². The van der Waals surface area contributed by atoms with Gasteiger partial charge in [-0.15, -0.1) is 0 Å². The molecule has 7 heteroatoms. The first-order valence-corrected chi connectivity index (χ1v) is 11.6. The summed E-state index contributed by atoms with van der Waals surface area (Å²) in [6.45, 7) is 3.15. The highest BCUT2D eigenvalue weighted by Crippen LogP contribution is 2.38. The largest absolute Gasteiger partial charge is 0.493 e. The quantitative estimate of drug-likeness (QED) is 0.337. The standard InChI is InChI=1S/C28H34F2N2O3/c1-32(16-14-31-19-20-17-26(33-2)28(35-4)27(18-20)34-3)15-13-25(21-5-9-23(29)10-6-21)22-7-11-24(30)12-8-22/h5-12,17-18,25,31H,13-16,19H2,1-4H3. The number of likely N-dealkylation sites (N-methyl/N-ethyl adjacent to an activating group) is 1. The predicted octanol–water partition coefficient (Wildman–Crippen LogP) is 5.23. The molecule has 0 saturated heterocycles. The van der Waals surface area contributed by atoms with E-state index < -0.39 is 0 Å². The van der Waals surface area contributed by atoms with Crippen molar-refractivity contribution >= 4 is 0 Å². The first kappa shape index (κ1) is 26.4. The predicted molar refractivity (Wildman–Crippen MR) is 135 cm³/mol. The van der Waals surface area contributed by atoms with Gasteiger partial charge in [0.05, 0.1) is 21.3 Å². The third-order valence-electron chi connectivity index (χ3n) is 6.07. The Labute approximate surface area is 206 Å². The molecule has 0 aliphatic heterocycles. The molecule has 0 atom stereocenters. The van der Waals surface area contributed by atoms with Crippen LogP contribution in [0.1, 0.15) is 29.0 Å². The summed E-state index contributed by atoms with van der Waals surface area (Å²) in [5, 5.41) is 3.46. The number of ether oxygens (including phenoxy) is 3. The fourth-order valence-corrected chi connectivity index (χ4v) is 4.12. The number of nitrogens with one attached hydrogen (secondary N) is 1. The molecule has 3 rings (SSSR count). The van der Waals surface area contributed by atoms with Crippen molar-refractivity contribution in [2.75, 3.05) is 48.0 Å². The summed E-state index contributed by atoms with van der Waals surface area (Å²) in [5.74, 6) is 1.38. The van der Waals surface area contributed by atoms with E-state index in [0.717, 1.165) is 42.7 Å². The van der Waals surface area contributed by atoms with Crippen LogP contribution in [-0.2, 0) is 6.54 Å². The van der Waals surface area contributed by atoms with Crippen molar-refractivity contribution in [3.05, 3.63) is 89.0 Å². The highest BCUT2D eigenvalue weighted by molar-refractivity contribution is 5.53. The van der Waals surface area contributed by atoms with Gasteiger partial charge < -0.3 is 24.4 Å². The van der Waals surface area contributed by atoms with E-state index in [2.05, 4.69) is 17.3 Å². The molecule has 0 bridgehead atoms. The fourth-order valence-electron chi connectivity index (χ4n) is 4.12. The summed E-state index contributed by atoms with van der Waals surface area (Å²) < 4.78 is 43.1. The molecule has 3 aromatic rings. The van der Waals surface area contributed by atoms with Crippen LogP contribution in [0.15, 0.2) is 60.7 Å². The number of hydrogen-bond donors (Lipinski definition) is 1. The summed E-state index contributed by atoms with van der Waals surface area (Å²) in [7, 11) is 6.88. The second kappa shape index (κ2) is 13.1. The molecule has 188 valence electrons. The number of benzene rings is 3. The SMILES string of the molecule is COc1cc(CNCCN(C)CCC(c2ccc(F)cc2)c2ccc(F)cc2)cc(OC)c1OC. The Morgan fingerprint density at radius 2 is 1.29 bits per heavy atom. The van der Waals surface area contributed by atoms with Gasteiger partial charge in [-0.2, -0.15) is 0 Å². The maximum absolute atomic E-state index is 13.5. The Morgan fingerprint density at radius 1 is 0.771 bits per heavy atom. The van der Waals surface area contributed by atoms with E-state index in [0.29, 0.717) is 23.8 Å². The van der Waals surface area contributed by atoms with Crippen LogP contribution < -0.4 is 19.5 Å². The van der Waals surface area contributed by atoms with Crippen LogP contribution in [-0.4, -0.2) is 52.9 Å². The molecular weight excluding hydrogens is 450 g/mol. The summed E-state index contributed by atoms with van der Waals surface area (Å²) in [4.78, 5) is 2.25. The van der Waals surface area contributed by atoms with Crippen LogP contribution in [0.5, 0.6) is 17.2 Å². The van der Waals surface area contributed by atoms with Gasteiger partial charge in [0.25, 0.3) is 0 Å². The number of halogens is 2. The molecule has 1 N–H and O–H groups in total. The maximum Gasteiger partial charge on any atom is 0.203 e. The van der Waals surface area contributed by atoms with Gasteiger partial charge in [-0.05, 0) is 73.1 Å². The Hall–Kier alpha value is -3.16. The molecule has 0 fully saturated rings. The molecule has 0 saturated carbocycles. The Balaban J connectivity index is 1.54. The van der Waals surface area contributed by atoms with Crippen molar-refractivity contribution in [2.24, 2.45) is 0 Å². The third-order valence-corrected chi connectivity index (χ3v) is 6.07. The summed E-state index contributed by atoms with van der Waals surface area (Å²) in [5.41, 5.74) is 3.08. The zero-order valence-corrected chi connectivity index (χ0v) is 20.8. The third kappa shape index (κ3) is 7.41. The smallest absolute Gasteiger partial charge is 0.203 e. The lowest BCUT2D eigenvalue weighted by Crippen LogP contribution is -2.30. The minimum absolute atomic E-state index is 0.0610. The minimum Gasteiger partial charge on any atom is -0.493 e. The molecule has 35 heavy (non-hydrogen) atoms. The second-order valence-electron chi connectivity index (χ2n) is 8.46. The van der Waals surface area contributed by atoms with E-state index in [9.17, 15) is 8.78 Å². The lowest BCUT2D eigenvalue weighted by atomic mass is 9.88. The van der Waals surface area contributed by atoms with Crippen LogP contribution in [0.4, 0.5) is 8.78 Å². The number of methoxy groups -OCH3 is 3. The summed E-state index contributed by atoms with van der Waals surface area (Å²) in [6.07, 6.45) is 0.834. The highest BCUT2D eigenvalue weighted by Gasteiger charge is 2.16. The topological polar surface area (TPSA) is 43.0 Å². The maximum atomic E-state index is 13.5. The monoisotopic (exact) mass is 484 g/mol. The summed E-state index contributed by atoms with van der Waals surface area (Å²) in [6, 6.07) is 17.0. The first-order valence-electron chi connectivity index (χ1n) is 11.6. The van der Waals surface area contributed by atoms with Crippen molar-refractivity contribution in [1.82, 2.24) is 10.2 Å². The molecule has 0 unspecified atom stereocenters. The van der Waals surface area contributed by atoms with Crippen LogP contribution in [0.25, 0.3) is 0 Å². The second-order valence-corrected chi connectivity index (χ2v) is 8.46. The Morgan fingerprint density at radius 3 is 1.74 bits per heavy atom. The van der Waals surface area contributed by atoms with Gasteiger partial charge in [-0.3, -0.25) is 0 Å². The van der Waals surface area contributed by atoms with E-state index in [-0.39, 0.29) is 17.6 Å². The normalized spacial score (nSPS) is 11.2. The fraction of sp³-hybridized carbons (Fsp3) is 0.357. The molecule has 0 aliphatic rings. The van der Waals surface area contributed by atoms with Gasteiger partial charge in [0, 0.05) is 25.6 Å². The van der Waals surface area contributed by atoms with E-state index >= 15 is 0 Å². The van der Waals surface area contributed by atoms with Crippen LogP contribution in [0, 0.1) is 11.6 Å². The lowest BCUT2D eigenvalue weighted by Gasteiger charge is -2.23.